The van der Waals surface area contributed by atoms with Gasteiger partial charge in [-0.1, -0.05) is 12.1 Å². The normalized spacial score (nSPS) is 10.9. The zero-order chi connectivity index (χ0) is 14.5. The minimum Gasteiger partial charge on any atom is -0.507 e. The highest BCUT2D eigenvalue weighted by atomic mass is 79.9. The fourth-order valence-electron chi connectivity index (χ4n) is 1.65. The van der Waals surface area contributed by atoms with Gasteiger partial charge in [-0.2, -0.15) is 0 Å². The van der Waals surface area contributed by atoms with E-state index in [1.807, 2.05) is 30.5 Å². The number of phenols is 1. The second-order valence-electron chi connectivity index (χ2n) is 4.14. The van der Waals surface area contributed by atoms with Gasteiger partial charge >= 0.3 is 0 Å². The summed E-state index contributed by atoms with van der Waals surface area (Å²) in [5.74, 6) is 0.142. The third-order valence-corrected chi connectivity index (χ3v) is 4.15. The van der Waals surface area contributed by atoms with Crippen molar-refractivity contribution < 1.29 is 9.90 Å². The van der Waals surface area contributed by atoms with Crippen molar-refractivity contribution in [2.75, 3.05) is 6.26 Å². The third kappa shape index (κ3) is 3.74. The molecular formula is C16H13BrO2S. The Labute approximate surface area is 130 Å². The summed E-state index contributed by atoms with van der Waals surface area (Å²) in [6, 6.07) is 12.6. The molecule has 0 amide bonds. The van der Waals surface area contributed by atoms with Crippen LogP contribution in [0.1, 0.15) is 15.9 Å². The monoisotopic (exact) mass is 348 g/mol. The van der Waals surface area contributed by atoms with E-state index in [9.17, 15) is 9.90 Å². The van der Waals surface area contributed by atoms with Gasteiger partial charge in [0.05, 0.1) is 4.47 Å². The summed E-state index contributed by atoms with van der Waals surface area (Å²) in [5, 5.41) is 9.41. The maximum absolute atomic E-state index is 12.0. The van der Waals surface area contributed by atoms with Crippen molar-refractivity contribution in [3.63, 3.8) is 0 Å². The van der Waals surface area contributed by atoms with Gasteiger partial charge in [-0.25, -0.2) is 0 Å². The van der Waals surface area contributed by atoms with Crippen LogP contribution < -0.4 is 0 Å². The van der Waals surface area contributed by atoms with E-state index in [4.69, 9.17) is 0 Å². The predicted molar refractivity (Wildman–Crippen MR) is 87.4 cm³/mol. The van der Waals surface area contributed by atoms with Gasteiger partial charge in [0.25, 0.3) is 0 Å². The Bertz CT molecular complexity index is 648. The lowest BCUT2D eigenvalue weighted by Crippen LogP contribution is -1.93. The lowest BCUT2D eigenvalue weighted by molar-refractivity contribution is 0.104. The molecule has 0 saturated carbocycles. The molecule has 2 rings (SSSR count). The molecule has 0 unspecified atom stereocenters. The molecule has 0 fully saturated rings. The van der Waals surface area contributed by atoms with Gasteiger partial charge in [-0.15, -0.1) is 11.8 Å². The smallest absolute Gasteiger partial charge is 0.185 e. The molecule has 0 radical (unpaired) electrons. The molecule has 1 N–H and O–H groups in total. The van der Waals surface area contributed by atoms with Gasteiger partial charge in [0, 0.05) is 10.5 Å². The minimum atomic E-state index is -0.0400. The fraction of sp³-hybridized carbons (Fsp3) is 0.0625. The molecule has 102 valence electrons. The van der Waals surface area contributed by atoms with Gasteiger partial charge < -0.3 is 5.11 Å². The first kappa shape index (κ1) is 14.9. The number of benzene rings is 2. The van der Waals surface area contributed by atoms with E-state index >= 15 is 0 Å². The number of allylic oxidation sites excluding steroid dienone is 1. The third-order valence-electron chi connectivity index (χ3n) is 2.77. The van der Waals surface area contributed by atoms with E-state index in [0.717, 1.165) is 10.5 Å². The number of carbonyl (C=O) groups is 1. The van der Waals surface area contributed by atoms with Gasteiger partial charge in [0.2, 0.25) is 0 Å². The average Bonchev–Trinajstić information content (AvgIpc) is 2.48. The molecule has 2 aromatic rings. The Morgan fingerprint density at radius 3 is 2.50 bits per heavy atom. The number of carbonyl (C=O) groups excluding carboxylic acids is 1. The van der Waals surface area contributed by atoms with Crippen molar-refractivity contribution in [2.24, 2.45) is 0 Å². The number of hydrogen-bond donors (Lipinski definition) is 1. The Morgan fingerprint density at radius 2 is 1.90 bits per heavy atom. The van der Waals surface area contributed by atoms with Crippen molar-refractivity contribution >= 4 is 39.6 Å². The highest BCUT2D eigenvalue weighted by Gasteiger charge is 2.02. The quantitative estimate of drug-likeness (QED) is 0.491. The Hall–Kier alpha value is -1.52. The lowest BCUT2D eigenvalue weighted by atomic mass is 10.1. The first-order chi connectivity index (χ1) is 9.60. The van der Waals surface area contributed by atoms with E-state index < -0.39 is 0 Å². The topological polar surface area (TPSA) is 37.3 Å². The molecule has 0 spiro atoms. The molecular weight excluding hydrogens is 336 g/mol. The molecule has 20 heavy (non-hydrogen) atoms. The van der Waals surface area contributed by atoms with Crippen LogP contribution in [-0.2, 0) is 0 Å². The standard InChI is InChI=1S/C16H13BrO2S/c1-20-13-6-4-12(5-7-13)15(18)8-2-11-3-9-16(19)14(17)10-11/h2-10,19H,1H3/b8-2+. The summed E-state index contributed by atoms with van der Waals surface area (Å²) in [6.07, 6.45) is 5.27. The second kappa shape index (κ2) is 6.77. The molecule has 0 aliphatic rings. The van der Waals surface area contributed by atoms with Crippen molar-refractivity contribution in [3.05, 3.63) is 64.1 Å². The van der Waals surface area contributed by atoms with E-state index in [0.29, 0.717) is 10.0 Å². The zero-order valence-corrected chi connectivity index (χ0v) is 13.2. The molecule has 0 saturated heterocycles. The summed E-state index contributed by atoms with van der Waals surface area (Å²) in [6.45, 7) is 0. The summed E-state index contributed by atoms with van der Waals surface area (Å²) >= 11 is 4.89. The van der Waals surface area contributed by atoms with Crippen LogP contribution in [0.15, 0.2) is 57.9 Å². The molecule has 0 bridgehead atoms. The first-order valence-electron chi connectivity index (χ1n) is 5.95. The molecule has 0 aromatic heterocycles. The maximum atomic E-state index is 12.0. The van der Waals surface area contributed by atoms with E-state index in [-0.39, 0.29) is 11.5 Å². The Balaban J connectivity index is 2.13. The number of thioether (sulfide) groups is 1. The lowest BCUT2D eigenvalue weighted by Gasteiger charge is -2.00. The zero-order valence-electron chi connectivity index (χ0n) is 10.8. The van der Waals surface area contributed by atoms with Crippen molar-refractivity contribution in [1.82, 2.24) is 0 Å². The summed E-state index contributed by atoms with van der Waals surface area (Å²) in [7, 11) is 0. The van der Waals surface area contributed by atoms with Gasteiger partial charge in [0.1, 0.15) is 5.75 Å². The predicted octanol–water partition coefficient (Wildman–Crippen LogP) is 4.77. The van der Waals surface area contributed by atoms with E-state index in [1.165, 1.54) is 6.08 Å². The van der Waals surface area contributed by atoms with Gasteiger partial charge in [-0.05, 0) is 70.2 Å². The van der Waals surface area contributed by atoms with Crippen molar-refractivity contribution in [1.29, 1.82) is 0 Å². The van der Waals surface area contributed by atoms with Gasteiger partial charge in [-0.3, -0.25) is 4.79 Å². The molecule has 0 heterocycles. The average molecular weight is 349 g/mol. The fourth-order valence-corrected chi connectivity index (χ4v) is 2.45. The molecule has 2 nitrogen and oxygen atoms in total. The van der Waals surface area contributed by atoms with Crippen LogP contribution in [0.5, 0.6) is 5.75 Å². The number of rotatable bonds is 4. The molecule has 4 heteroatoms. The highest BCUT2D eigenvalue weighted by Crippen LogP contribution is 2.24. The van der Waals surface area contributed by atoms with E-state index in [1.54, 1.807) is 36.0 Å². The summed E-state index contributed by atoms with van der Waals surface area (Å²) in [5.41, 5.74) is 1.51. The summed E-state index contributed by atoms with van der Waals surface area (Å²) < 4.78 is 0.608. The number of hydrogen-bond acceptors (Lipinski definition) is 3. The van der Waals surface area contributed by atoms with Crippen LogP contribution in [0.25, 0.3) is 6.08 Å². The summed E-state index contributed by atoms with van der Waals surface area (Å²) in [4.78, 5) is 13.1. The minimum absolute atomic E-state index is 0.0400. The first-order valence-corrected chi connectivity index (χ1v) is 7.97. The number of halogens is 1. The number of phenolic OH excluding ortho intramolecular Hbond substituents is 1. The molecule has 0 atom stereocenters. The van der Waals surface area contributed by atoms with Crippen LogP contribution >= 0.6 is 27.7 Å². The molecule has 0 aliphatic heterocycles. The van der Waals surface area contributed by atoms with Crippen LogP contribution in [-0.4, -0.2) is 17.1 Å². The van der Waals surface area contributed by atoms with Crippen molar-refractivity contribution in [2.45, 2.75) is 4.90 Å². The highest BCUT2D eigenvalue weighted by molar-refractivity contribution is 9.10. The SMILES string of the molecule is CSc1ccc(C(=O)/C=C/c2ccc(O)c(Br)c2)cc1. The number of aromatic hydroxyl groups is 1. The second-order valence-corrected chi connectivity index (χ2v) is 5.87. The van der Waals surface area contributed by atoms with Crippen LogP contribution in [0.4, 0.5) is 0 Å². The van der Waals surface area contributed by atoms with Crippen LogP contribution in [0, 0.1) is 0 Å². The van der Waals surface area contributed by atoms with Gasteiger partial charge in [0.15, 0.2) is 5.78 Å². The maximum Gasteiger partial charge on any atom is 0.185 e. The molecule has 2 aromatic carbocycles. The van der Waals surface area contributed by atoms with Crippen LogP contribution in [0.3, 0.4) is 0 Å². The Morgan fingerprint density at radius 1 is 1.20 bits per heavy atom. The number of ketones is 1. The van der Waals surface area contributed by atoms with Crippen molar-refractivity contribution in [3.8, 4) is 5.75 Å². The molecule has 0 aliphatic carbocycles. The largest absolute Gasteiger partial charge is 0.507 e. The van der Waals surface area contributed by atoms with E-state index in [2.05, 4.69) is 15.9 Å². The Kier molecular flexibility index (Phi) is 5.04. The van der Waals surface area contributed by atoms with Crippen LogP contribution in [0.2, 0.25) is 0 Å².